The number of nitrogens with zero attached hydrogens (tertiary/aromatic N) is 1. The predicted molar refractivity (Wildman–Crippen MR) is 73.4 cm³/mol. The van der Waals surface area contributed by atoms with Crippen molar-refractivity contribution >= 4 is 21.6 Å². The van der Waals surface area contributed by atoms with Gasteiger partial charge in [-0.05, 0) is 25.0 Å². The molecule has 2 N–H and O–H groups in total. The first-order chi connectivity index (χ1) is 8.58. The summed E-state index contributed by atoms with van der Waals surface area (Å²) in [5.74, 6) is 0. The van der Waals surface area contributed by atoms with Gasteiger partial charge in [0.2, 0.25) is 0 Å². The highest BCUT2D eigenvalue weighted by atomic mass is 79.9. The molecule has 5 nitrogen and oxygen atoms in total. The van der Waals surface area contributed by atoms with E-state index in [2.05, 4.69) is 21.2 Å². The number of benzene rings is 1. The SMILES string of the molecule is CCC(CCO)NCc1cc(Br)ccc1[N+](=O)[O-]. The molecule has 0 bridgehead atoms. The van der Waals surface area contributed by atoms with Crippen LogP contribution in [0.15, 0.2) is 22.7 Å². The molecule has 0 aliphatic rings. The van der Waals surface area contributed by atoms with E-state index in [0.717, 1.165) is 10.9 Å². The summed E-state index contributed by atoms with van der Waals surface area (Å²) in [6.45, 7) is 2.56. The van der Waals surface area contributed by atoms with Crippen molar-refractivity contribution in [3.63, 3.8) is 0 Å². The second kappa shape index (κ2) is 7.45. The summed E-state index contributed by atoms with van der Waals surface area (Å²) in [6, 6.07) is 5.07. The predicted octanol–water partition coefficient (Wildman–Crippen LogP) is 2.61. The van der Waals surface area contributed by atoms with Crippen LogP contribution in [0.4, 0.5) is 5.69 Å². The molecule has 0 fully saturated rings. The lowest BCUT2D eigenvalue weighted by Gasteiger charge is -2.15. The van der Waals surface area contributed by atoms with Crippen LogP contribution in [0.3, 0.4) is 0 Å². The Balaban J connectivity index is 2.76. The Morgan fingerprint density at radius 3 is 2.83 bits per heavy atom. The van der Waals surface area contributed by atoms with E-state index in [1.807, 2.05) is 6.92 Å². The Morgan fingerprint density at radius 1 is 1.56 bits per heavy atom. The van der Waals surface area contributed by atoms with Crippen LogP contribution in [-0.4, -0.2) is 22.7 Å². The Bertz CT molecular complexity index is 412. The van der Waals surface area contributed by atoms with Crippen LogP contribution in [0.2, 0.25) is 0 Å². The quantitative estimate of drug-likeness (QED) is 0.599. The van der Waals surface area contributed by atoms with Crippen LogP contribution in [0.5, 0.6) is 0 Å². The summed E-state index contributed by atoms with van der Waals surface area (Å²) in [6.07, 6.45) is 1.53. The smallest absolute Gasteiger partial charge is 0.273 e. The summed E-state index contributed by atoms with van der Waals surface area (Å²) < 4.78 is 0.820. The molecule has 1 aromatic rings. The first-order valence-corrected chi connectivity index (χ1v) is 6.64. The maximum atomic E-state index is 10.9. The Hall–Kier alpha value is -0.980. The first-order valence-electron chi connectivity index (χ1n) is 5.85. The molecule has 0 saturated carbocycles. The van der Waals surface area contributed by atoms with E-state index in [9.17, 15) is 10.1 Å². The third kappa shape index (κ3) is 4.36. The number of nitrogens with one attached hydrogen (secondary N) is 1. The molecule has 100 valence electrons. The maximum absolute atomic E-state index is 10.9. The Kier molecular flexibility index (Phi) is 6.24. The van der Waals surface area contributed by atoms with Crippen LogP contribution in [0.25, 0.3) is 0 Å². The van der Waals surface area contributed by atoms with Crippen molar-refractivity contribution in [3.05, 3.63) is 38.3 Å². The summed E-state index contributed by atoms with van der Waals surface area (Å²) in [5.41, 5.74) is 0.760. The van der Waals surface area contributed by atoms with Gasteiger partial charge in [-0.15, -0.1) is 0 Å². The van der Waals surface area contributed by atoms with Gasteiger partial charge in [0.25, 0.3) is 5.69 Å². The minimum atomic E-state index is -0.379. The highest BCUT2D eigenvalue weighted by molar-refractivity contribution is 9.10. The summed E-state index contributed by atoms with van der Waals surface area (Å²) in [7, 11) is 0. The van der Waals surface area contributed by atoms with E-state index < -0.39 is 0 Å². The summed E-state index contributed by atoms with van der Waals surface area (Å²) >= 11 is 3.31. The fourth-order valence-electron chi connectivity index (χ4n) is 1.73. The number of aliphatic hydroxyl groups excluding tert-OH is 1. The van der Waals surface area contributed by atoms with Gasteiger partial charge in [0, 0.05) is 35.3 Å². The monoisotopic (exact) mass is 316 g/mol. The van der Waals surface area contributed by atoms with Gasteiger partial charge in [-0.3, -0.25) is 10.1 Å². The number of hydrogen-bond donors (Lipinski definition) is 2. The Morgan fingerprint density at radius 2 is 2.28 bits per heavy atom. The second-order valence-electron chi connectivity index (χ2n) is 4.03. The van der Waals surface area contributed by atoms with Crippen LogP contribution in [0.1, 0.15) is 25.3 Å². The summed E-state index contributed by atoms with van der Waals surface area (Å²) in [4.78, 5) is 10.5. The number of hydrogen-bond acceptors (Lipinski definition) is 4. The third-order valence-corrected chi connectivity index (χ3v) is 3.28. The van der Waals surface area contributed by atoms with Gasteiger partial charge in [-0.25, -0.2) is 0 Å². The number of nitro benzene ring substituents is 1. The van der Waals surface area contributed by atoms with Gasteiger partial charge >= 0.3 is 0 Å². The molecule has 1 unspecified atom stereocenters. The molecule has 0 saturated heterocycles. The van der Waals surface area contributed by atoms with Crippen molar-refractivity contribution in [2.45, 2.75) is 32.4 Å². The van der Waals surface area contributed by atoms with Crippen molar-refractivity contribution in [1.29, 1.82) is 0 Å². The van der Waals surface area contributed by atoms with Gasteiger partial charge in [0.1, 0.15) is 0 Å². The molecule has 0 amide bonds. The molecule has 0 spiro atoms. The van der Waals surface area contributed by atoms with Crippen molar-refractivity contribution < 1.29 is 10.0 Å². The number of aliphatic hydroxyl groups is 1. The zero-order chi connectivity index (χ0) is 13.5. The van der Waals surface area contributed by atoms with E-state index >= 15 is 0 Å². The molecule has 18 heavy (non-hydrogen) atoms. The molecule has 0 aliphatic heterocycles. The van der Waals surface area contributed by atoms with E-state index in [0.29, 0.717) is 18.5 Å². The number of rotatable bonds is 7. The van der Waals surface area contributed by atoms with Crippen LogP contribution < -0.4 is 5.32 Å². The molecule has 0 aromatic heterocycles. The first kappa shape index (κ1) is 15.1. The average Bonchev–Trinajstić information content (AvgIpc) is 2.34. The number of nitro groups is 1. The van der Waals surface area contributed by atoms with Crippen molar-refractivity contribution in [2.24, 2.45) is 0 Å². The molecule has 0 heterocycles. The lowest BCUT2D eigenvalue weighted by Crippen LogP contribution is -2.29. The fourth-order valence-corrected chi connectivity index (χ4v) is 2.14. The standard InChI is InChI=1S/C12H17BrN2O3/c1-2-11(5-6-16)14-8-9-7-10(13)3-4-12(9)15(17)18/h3-4,7,11,14,16H,2,5-6,8H2,1H3. The molecule has 1 atom stereocenters. The highest BCUT2D eigenvalue weighted by Crippen LogP contribution is 2.23. The summed E-state index contributed by atoms with van der Waals surface area (Å²) in [5, 5.41) is 23.0. The fraction of sp³-hybridized carbons (Fsp3) is 0.500. The van der Waals surface area contributed by atoms with Crippen LogP contribution in [0, 0.1) is 10.1 Å². The van der Waals surface area contributed by atoms with Gasteiger partial charge in [-0.2, -0.15) is 0 Å². The molecular weight excluding hydrogens is 300 g/mol. The minimum absolute atomic E-state index is 0.115. The molecule has 0 radical (unpaired) electrons. The normalized spacial score (nSPS) is 12.4. The lowest BCUT2D eigenvalue weighted by atomic mass is 10.1. The highest BCUT2D eigenvalue weighted by Gasteiger charge is 2.14. The largest absolute Gasteiger partial charge is 0.396 e. The van der Waals surface area contributed by atoms with Gasteiger partial charge in [-0.1, -0.05) is 22.9 Å². The van der Waals surface area contributed by atoms with Gasteiger partial charge < -0.3 is 10.4 Å². The molecule has 6 heteroatoms. The minimum Gasteiger partial charge on any atom is -0.396 e. The Labute approximate surface area is 114 Å². The zero-order valence-electron chi connectivity index (χ0n) is 10.2. The van der Waals surface area contributed by atoms with Crippen LogP contribution >= 0.6 is 15.9 Å². The number of halogens is 1. The van der Waals surface area contributed by atoms with Crippen molar-refractivity contribution in [1.82, 2.24) is 5.32 Å². The molecule has 1 rings (SSSR count). The topological polar surface area (TPSA) is 75.4 Å². The van der Waals surface area contributed by atoms with Crippen LogP contribution in [-0.2, 0) is 6.54 Å². The zero-order valence-corrected chi connectivity index (χ0v) is 11.8. The van der Waals surface area contributed by atoms with Crippen molar-refractivity contribution in [2.75, 3.05) is 6.61 Å². The maximum Gasteiger partial charge on any atom is 0.273 e. The lowest BCUT2D eigenvalue weighted by molar-refractivity contribution is -0.385. The molecular formula is C12H17BrN2O3. The average molecular weight is 317 g/mol. The second-order valence-corrected chi connectivity index (χ2v) is 4.94. The molecule has 0 aliphatic carbocycles. The molecule has 1 aromatic carbocycles. The van der Waals surface area contributed by atoms with Gasteiger partial charge in [0.05, 0.1) is 4.92 Å². The van der Waals surface area contributed by atoms with Crippen molar-refractivity contribution in [3.8, 4) is 0 Å². The van der Waals surface area contributed by atoms with Gasteiger partial charge in [0.15, 0.2) is 0 Å². The van der Waals surface area contributed by atoms with E-state index in [4.69, 9.17) is 5.11 Å². The van der Waals surface area contributed by atoms with E-state index in [1.165, 1.54) is 6.07 Å². The third-order valence-electron chi connectivity index (χ3n) is 2.79. The van der Waals surface area contributed by atoms with E-state index in [1.54, 1.807) is 12.1 Å². The van der Waals surface area contributed by atoms with E-state index in [-0.39, 0.29) is 23.3 Å².